The smallest absolute Gasteiger partial charge is 0.334 e. The van der Waals surface area contributed by atoms with Gasteiger partial charge in [-0.3, -0.25) is 4.79 Å². The van der Waals surface area contributed by atoms with E-state index in [1.807, 2.05) is 30.3 Å². The summed E-state index contributed by atoms with van der Waals surface area (Å²) in [5.74, 6) is -0.998. The number of hydrogen-bond acceptors (Lipinski definition) is 4. The van der Waals surface area contributed by atoms with Crippen LogP contribution in [0.5, 0.6) is 5.75 Å². The standard InChI is InChI=1S/C18H18O5/c1-11(15(10-17(19)20)18(21)23-3)12-8-9-16(22-2)14-7-5-4-6-13(12)14/h4-9H,10H2,1-3H3,(H,19,20). The summed E-state index contributed by atoms with van der Waals surface area (Å²) in [5, 5.41) is 10.8. The molecule has 23 heavy (non-hydrogen) atoms. The molecule has 0 spiro atoms. The summed E-state index contributed by atoms with van der Waals surface area (Å²) in [6.07, 6.45) is -0.390. The van der Waals surface area contributed by atoms with Crippen molar-refractivity contribution in [2.24, 2.45) is 0 Å². The topological polar surface area (TPSA) is 72.8 Å². The van der Waals surface area contributed by atoms with E-state index >= 15 is 0 Å². The highest BCUT2D eigenvalue weighted by Crippen LogP contribution is 2.33. The zero-order valence-electron chi connectivity index (χ0n) is 13.3. The van der Waals surface area contributed by atoms with E-state index in [-0.39, 0.29) is 5.57 Å². The maximum Gasteiger partial charge on any atom is 0.334 e. The SMILES string of the molecule is COC(=O)C(CC(=O)O)=C(C)c1ccc(OC)c2ccccc12. The number of allylic oxidation sites excluding steroid dienone is 1. The highest BCUT2D eigenvalue weighted by atomic mass is 16.5. The van der Waals surface area contributed by atoms with Gasteiger partial charge in [-0.25, -0.2) is 4.79 Å². The Morgan fingerprint density at radius 3 is 2.26 bits per heavy atom. The largest absolute Gasteiger partial charge is 0.496 e. The second kappa shape index (κ2) is 6.96. The number of benzene rings is 2. The van der Waals surface area contributed by atoms with E-state index in [4.69, 9.17) is 14.6 Å². The van der Waals surface area contributed by atoms with Crippen molar-refractivity contribution >= 4 is 28.3 Å². The minimum absolute atomic E-state index is 0.135. The molecular formula is C18H18O5. The number of esters is 1. The summed E-state index contributed by atoms with van der Waals surface area (Å²) in [5.41, 5.74) is 1.50. The molecule has 0 aliphatic rings. The van der Waals surface area contributed by atoms with Crippen LogP contribution in [0.1, 0.15) is 18.9 Å². The molecule has 1 N–H and O–H groups in total. The highest BCUT2D eigenvalue weighted by Gasteiger charge is 2.19. The molecule has 0 atom stereocenters. The van der Waals surface area contributed by atoms with Crippen LogP contribution in [-0.2, 0) is 14.3 Å². The molecule has 120 valence electrons. The fourth-order valence-electron chi connectivity index (χ4n) is 2.57. The maximum atomic E-state index is 12.0. The molecule has 0 amide bonds. The van der Waals surface area contributed by atoms with Gasteiger partial charge < -0.3 is 14.6 Å². The molecule has 0 unspecified atom stereocenters. The fourth-order valence-corrected chi connectivity index (χ4v) is 2.57. The Labute approximate surface area is 134 Å². The molecule has 0 fully saturated rings. The number of fused-ring (bicyclic) bond motifs is 1. The van der Waals surface area contributed by atoms with Crippen LogP contribution in [0.2, 0.25) is 0 Å². The maximum absolute atomic E-state index is 12.0. The average Bonchev–Trinajstić information content (AvgIpc) is 2.57. The van der Waals surface area contributed by atoms with Gasteiger partial charge >= 0.3 is 11.9 Å². The van der Waals surface area contributed by atoms with E-state index in [1.54, 1.807) is 20.1 Å². The monoisotopic (exact) mass is 314 g/mol. The van der Waals surface area contributed by atoms with Crippen molar-refractivity contribution in [1.29, 1.82) is 0 Å². The van der Waals surface area contributed by atoms with Crippen molar-refractivity contribution in [1.82, 2.24) is 0 Å². The van der Waals surface area contributed by atoms with Gasteiger partial charge in [-0.2, -0.15) is 0 Å². The van der Waals surface area contributed by atoms with Gasteiger partial charge in [0, 0.05) is 5.39 Å². The lowest BCUT2D eigenvalue weighted by atomic mass is 9.94. The van der Waals surface area contributed by atoms with Gasteiger partial charge in [0.1, 0.15) is 5.75 Å². The van der Waals surface area contributed by atoms with Crippen molar-refractivity contribution in [3.8, 4) is 5.75 Å². The summed E-state index contributed by atoms with van der Waals surface area (Å²) >= 11 is 0. The molecule has 2 aromatic carbocycles. The average molecular weight is 314 g/mol. The number of carboxylic acids is 1. The predicted molar refractivity (Wildman–Crippen MR) is 87.4 cm³/mol. The zero-order valence-corrected chi connectivity index (χ0v) is 13.3. The molecule has 0 saturated carbocycles. The number of rotatable bonds is 5. The van der Waals surface area contributed by atoms with Gasteiger partial charge in [-0.05, 0) is 29.5 Å². The Balaban J connectivity index is 2.72. The molecule has 0 aliphatic carbocycles. The molecule has 0 radical (unpaired) electrons. The van der Waals surface area contributed by atoms with Gasteiger partial charge in [0.2, 0.25) is 0 Å². The molecule has 0 aliphatic heterocycles. The van der Waals surface area contributed by atoms with Gasteiger partial charge in [0.25, 0.3) is 0 Å². The van der Waals surface area contributed by atoms with Crippen LogP contribution in [0, 0.1) is 0 Å². The number of hydrogen-bond donors (Lipinski definition) is 1. The van der Waals surface area contributed by atoms with E-state index in [0.29, 0.717) is 5.57 Å². The van der Waals surface area contributed by atoms with Crippen molar-refractivity contribution in [3.05, 3.63) is 47.5 Å². The van der Waals surface area contributed by atoms with E-state index in [2.05, 4.69) is 0 Å². The zero-order chi connectivity index (χ0) is 17.0. The normalized spacial score (nSPS) is 11.8. The number of carbonyl (C=O) groups excluding carboxylic acids is 1. The van der Waals surface area contributed by atoms with Crippen LogP contribution >= 0.6 is 0 Å². The summed E-state index contributed by atoms with van der Waals surface area (Å²) in [6.45, 7) is 1.73. The first kappa shape index (κ1) is 16.5. The first-order valence-corrected chi connectivity index (χ1v) is 7.05. The second-order valence-corrected chi connectivity index (χ2v) is 5.03. The quantitative estimate of drug-likeness (QED) is 0.677. The number of methoxy groups -OCH3 is 2. The summed E-state index contributed by atoms with van der Waals surface area (Å²) in [7, 11) is 2.83. The second-order valence-electron chi connectivity index (χ2n) is 5.03. The van der Waals surface area contributed by atoms with Crippen LogP contribution in [0.25, 0.3) is 16.3 Å². The first-order valence-electron chi connectivity index (χ1n) is 7.05. The molecule has 0 aromatic heterocycles. The minimum Gasteiger partial charge on any atom is -0.496 e. The number of ether oxygens (including phenoxy) is 2. The molecule has 2 aromatic rings. The highest BCUT2D eigenvalue weighted by molar-refractivity contribution is 6.05. The third-order valence-corrected chi connectivity index (χ3v) is 3.72. The first-order chi connectivity index (χ1) is 11.0. The Kier molecular flexibility index (Phi) is 5.01. The lowest BCUT2D eigenvalue weighted by Gasteiger charge is -2.14. The van der Waals surface area contributed by atoms with E-state index in [0.717, 1.165) is 22.1 Å². The van der Waals surface area contributed by atoms with Gasteiger partial charge in [-0.15, -0.1) is 0 Å². The van der Waals surface area contributed by atoms with Crippen LogP contribution in [0.4, 0.5) is 0 Å². The Bertz CT molecular complexity index is 789. The lowest BCUT2D eigenvalue weighted by molar-refractivity contribution is -0.141. The molecule has 2 rings (SSSR count). The Hall–Kier alpha value is -2.82. The number of aliphatic carboxylic acids is 1. The van der Waals surface area contributed by atoms with E-state index in [1.165, 1.54) is 7.11 Å². The molecule has 0 bridgehead atoms. The van der Waals surface area contributed by atoms with Crippen LogP contribution in [0.15, 0.2) is 42.0 Å². The Morgan fingerprint density at radius 2 is 1.70 bits per heavy atom. The van der Waals surface area contributed by atoms with E-state index in [9.17, 15) is 9.59 Å². The summed E-state index contributed by atoms with van der Waals surface area (Å²) in [4.78, 5) is 23.0. The van der Waals surface area contributed by atoms with Crippen LogP contribution < -0.4 is 4.74 Å². The summed E-state index contributed by atoms with van der Waals surface area (Å²) in [6, 6.07) is 11.2. The van der Waals surface area contributed by atoms with Crippen molar-refractivity contribution < 1.29 is 24.2 Å². The number of carboxylic acid groups (broad SMARTS) is 1. The molecular weight excluding hydrogens is 296 g/mol. The lowest BCUT2D eigenvalue weighted by Crippen LogP contribution is -2.11. The summed E-state index contributed by atoms with van der Waals surface area (Å²) < 4.78 is 10.1. The third kappa shape index (κ3) is 3.34. The predicted octanol–water partition coefficient (Wildman–Crippen LogP) is 3.27. The third-order valence-electron chi connectivity index (χ3n) is 3.72. The molecule has 0 heterocycles. The van der Waals surface area contributed by atoms with E-state index < -0.39 is 18.4 Å². The van der Waals surface area contributed by atoms with Gasteiger partial charge in [-0.1, -0.05) is 30.3 Å². The van der Waals surface area contributed by atoms with Gasteiger partial charge in [0.05, 0.1) is 26.2 Å². The molecule has 0 saturated heterocycles. The Morgan fingerprint density at radius 1 is 1.04 bits per heavy atom. The number of carbonyl (C=O) groups is 2. The van der Waals surface area contributed by atoms with Crippen LogP contribution in [0.3, 0.4) is 0 Å². The molecule has 5 nitrogen and oxygen atoms in total. The molecule has 5 heteroatoms. The van der Waals surface area contributed by atoms with Crippen molar-refractivity contribution in [3.63, 3.8) is 0 Å². The fraction of sp³-hybridized carbons (Fsp3) is 0.222. The van der Waals surface area contributed by atoms with Crippen molar-refractivity contribution in [2.75, 3.05) is 14.2 Å². The minimum atomic E-state index is -1.08. The van der Waals surface area contributed by atoms with Gasteiger partial charge in [0.15, 0.2) is 0 Å². The van der Waals surface area contributed by atoms with Crippen LogP contribution in [-0.4, -0.2) is 31.3 Å². The van der Waals surface area contributed by atoms with Crippen molar-refractivity contribution in [2.45, 2.75) is 13.3 Å².